The molecular formula is C21H22ClN3O3. The molecule has 28 heavy (non-hydrogen) atoms. The maximum atomic E-state index is 13.2. The molecule has 5 rings (SSSR count). The average molecular weight is 400 g/mol. The molecule has 0 N–H and O–H groups in total. The van der Waals surface area contributed by atoms with Gasteiger partial charge in [-0.05, 0) is 57.6 Å². The molecular weight excluding hydrogens is 378 g/mol. The van der Waals surface area contributed by atoms with Gasteiger partial charge in [0, 0.05) is 6.54 Å². The molecule has 0 spiro atoms. The number of rotatable bonds is 2. The van der Waals surface area contributed by atoms with Gasteiger partial charge in [-0.2, -0.15) is 0 Å². The Balaban J connectivity index is 1.64. The van der Waals surface area contributed by atoms with Gasteiger partial charge in [0.25, 0.3) is 5.91 Å². The van der Waals surface area contributed by atoms with E-state index in [9.17, 15) is 9.59 Å². The van der Waals surface area contributed by atoms with Gasteiger partial charge >= 0.3 is 5.97 Å². The van der Waals surface area contributed by atoms with Gasteiger partial charge in [-0.25, -0.2) is 9.78 Å². The SMILES string of the molecule is CC1(OC(=O)c2ncn3c2C2CCCN2C(=O)c2c(Cl)cccc2-3)CCCC1. The van der Waals surface area contributed by atoms with Gasteiger partial charge in [0.2, 0.25) is 0 Å². The Morgan fingerprint density at radius 1 is 1.29 bits per heavy atom. The second-order valence-electron chi connectivity index (χ2n) is 8.19. The number of ether oxygens (including phenoxy) is 1. The van der Waals surface area contributed by atoms with Crippen LogP contribution in [0.2, 0.25) is 5.02 Å². The van der Waals surface area contributed by atoms with Crippen molar-refractivity contribution in [1.29, 1.82) is 0 Å². The van der Waals surface area contributed by atoms with Crippen molar-refractivity contribution >= 4 is 23.5 Å². The summed E-state index contributed by atoms with van der Waals surface area (Å²) in [6.45, 7) is 2.64. The van der Waals surface area contributed by atoms with E-state index in [1.807, 2.05) is 28.5 Å². The first-order chi connectivity index (χ1) is 13.5. The minimum absolute atomic E-state index is 0.0890. The van der Waals surface area contributed by atoms with Crippen molar-refractivity contribution in [1.82, 2.24) is 14.5 Å². The van der Waals surface area contributed by atoms with Crippen LogP contribution in [-0.4, -0.2) is 38.5 Å². The minimum Gasteiger partial charge on any atom is -0.455 e. The van der Waals surface area contributed by atoms with Gasteiger partial charge in [-0.3, -0.25) is 9.36 Å². The monoisotopic (exact) mass is 399 g/mol. The molecule has 3 heterocycles. The number of halogens is 1. The van der Waals surface area contributed by atoms with Gasteiger partial charge in [0.15, 0.2) is 5.69 Å². The van der Waals surface area contributed by atoms with Gasteiger partial charge in [-0.1, -0.05) is 17.7 Å². The van der Waals surface area contributed by atoms with Gasteiger partial charge in [0.1, 0.15) is 11.9 Å². The van der Waals surface area contributed by atoms with E-state index in [0.717, 1.165) is 44.2 Å². The molecule has 0 bridgehead atoms. The van der Waals surface area contributed by atoms with Gasteiger partial charge in [-0.15, -0.1) is 0 Å². The van der Waals surface area contributed by atoms with E-state index in [-0.39, 0.29) is 11.9 Å². The van der Waals surface area contributed by atoms with Crippen LogP contribution in [0.5, 0.6) is 0 Å². The Morgan fingerprint density at radius 3 is 2.86 bits per heavy atom. The number of hydrogen-bond acceptors (Lipinski definition) is 4. The summed E-state index contributed by atoms with van der Waals surface area (Å²) < 4.78 is 7.74. The van der Waals surface area contributed by atoms with Crippen molar-refractivity contribution in [2.45, 2.75) is 57.1 Å². The molecule has 1 aliphatic carbocycles. The van der Waals surface area contributed by atoms with Crippen molar-refractivity contribution in [2.75, 3.05) is 6.54 Å². The molecule has 3 aliphatic rings. The standard InChI is InChI=1S/C21H22ClN3O3/c1-21(9-2-3-10-21)28-20(27)17-18-15-8-5-11-24(15)19(26)16-13(22)6-4-7-14(16)25(18)12-23-17/h4,6-7,12,15H,2-3,5,8-11H2,1H3. The highest BCUT2D eigenvalue weighted by Crippen LogP contribution is 2.42. The zero-order valence-electron chi connectivity index (χ0n) is 15.8. The largest absolute Gasteiger partial charge is 0.455 e. The number of esters is 1. The molecule has 7 heteroatoms. The third-order valence-corrected chi connectivity index (χ3v) is 6.61. The highest BCUT2D eigenvalue weighted by atomic mass is 35.5. The number of nitrogens with zero attached hydrogens (tertiary/aromatic N) is 3. The Bertz CT molecular complexity index is 977. The number of benzene rings is 1. The molecule has 2 aromatic rings. The maximum Gasteiger partial charge on any atom is 0.359 e. The van der Waals surface area contributed by atoms with E-state index in [2.05, 4.69) is 4.98 Å². The molecule has 1 aromatic heterocycles. The third kappa shape index (κ3) is 2.58. The van der Waals surface area contributed by atoms with Crippen molar-refractivity contribution < 1.29 is 14.3 Å². The molecule has 1 saturated carbocycles. The summed E-state index contributed by atoms with van der Waals surface area (Å²) in [7, 11) is 0. The van der Waals surface area contributed by atoms with Crippen molar-refractivity contribution in [3.05, 3.63) is 46.5 Å². The molecule has 1 atom stereocenters. The van der Waals surface area contributed by atoms with Crippen LogP contribution in [0.3, 0.4) is 0 Å². The zero-order valence-corrected chi connectivity index (χ0v) is 16.5. The smallest absolute Gasteiger partial charge is 0.359 e. The predicted molar refractivity (Wildman–Crippen MR) is 104 cm³/mol. The highest BCUT2D eigenvalue weighted by molar-refractivity contribution is 6.34. The predicted octanol–water partition coefficient (Wildman–Crippen LogP) is 4.31. The Hall–Kier alpha value is -2.34. The summed E-state index contributed by atoms with van der Waals surface area (Å²) in [4.78, 5) is 32.5. The fourth-order valence-electron chi connectivity index (χ4n) is 4.89. The first-order valence-electron chi connectivity index (χ1n) is 9.89. The molecule has 146 valence electrons. The van der Waals surface area contributed by atoms with Crippen molar-refractivity contribution in [3.63, 3.8) is 0 Å². The zero-order chi connectivity index (χ0) is 19.5. The average Bonchev–Trinajstić information content (AvgIpc) is 3.38. The summed E-state index contributed by atoms with van der Waals surface area (Å²) in [6.07, 6.45) is 7.19. The summed E-state index contributed by atoms with van der Waals surface area (Å²) >= 11 is 6.39. The lowest BCUT2D eigenvalue weighted by atomic mass is 10.1. The van der Waals surface area contributed by atoms with Gasteiger partial charge in [0.05, 0.1) is 28.0 Å². The van der Waals surface area contributed by atoms with Gasteiger partial charge < -0.3 is 9.64 Å². The third-order valence-electron chi connectivity index (χ3n) is 6.29. The second kappa shape index (κ2) is 6.34. The van der Waals surface area contributed by atoms with Crippen LogP contribution in [0.1, 0.15) is 78.0 Å². The van der Waals surface area contributed by atoms with Crippen LogP contribution >= 0.6 is 11.6 Å². The first kappa shape index (κ1) is 17.7. The number of aromatic nitrogens is 2. The molecule has 6 nitrogen and oxygen atoms in total. The second-order valence-corrected chi connectivity index (χ2v) is 8.59. The fourth-order valence-corrected chi connectivity index (χ4v) is 5.14. The number of imidazole rings is 1. The Kier molecular flexibility index (Phi) is 4.02. The van der Waals surface area contributed by atoms with E-state index in [0.29, 0.717) is 28.5 Å². The molecule has 1 unspecified atom stereocenters. The van der Waals surface area contributed by atoms with E-state index >= 15 is 0 Å². The lowest BCUT2D eigenvalue weighted by Crippen LogP contribution is -2.32. The topological polar surface area (TPSA) is 64.4 Å². The van der Waals surface area contributed by atoms with Crippen LogP contribution in [-0.2, 0) is 4.74 Å². The molecule has 1 amide bonds. The molecule has 1 aromatic carbocycles. The number of carbonyl (C=O) groups is 2. The summed E-state index contributed by atoms with van der Waals surface area (Å²) in [5.41, 5.74) is 1.75. The normalized spacial score (nSPS) is 22.4. The maximum absolute atomic E-state index is 13.2. The molecule has 1 saturated heterocycles. The Morgan fingerprint density at radius 2 is 2.07 bits per heavy atom. The van der Waals surface area contributed by atoms with Crippen LogP contribution in [0.4, 0.5) is 0 Å². The number of fused-ring (bicyclic) bond motifs is 5. The van der Waals surface area contributed by atoms with Crippen LogP contribution in [0.15, 0.2) is 24.5 Å². The summed E-state index contributed by atoms with van der Waals surface area (Å²) in [5.74, 6) is -0.489. The number of amides is 1. The van der Waals surface area contributed by atoms with Crippen LogP contribution < -0.4 is 0 Å². The van der Waals surface area contributed by atoms with Crippen LogP contribution in [0, 0.1) is 0 Å². The molecule has 0 radical (unpaired) electrons. The quantitative estimate of drug-likeness (QED) is 0.706. The highest BCUT2D eigenvalue weighted by Gasteiger charge is 2.42. The van der Waals surface area contributed by atoms with Crippen molar-refractivity contribution in [2.24, 2.45) is 0 Å². The first-order valence-corrected chi connectivity index (χ1v) is 10.3. The number of carbonyl (C=O) groups excluding carboxylic acids is 2. The fraction of sp³-hybridized carbons (Fsp3) is 0.476. The molecule has 2 fully saturated rings. The van der Waals surface area contributed by atoms with E-state index < -0.39 is 11.6 Å². The lowest BCUT2D eigenvalue weighted by molar-refractivity contribution is -0.00699. The lowest BCUT2D eigenvalue weighted by Gasteiger charge is -2.25. The minimum atomic E-state index is -0.426. The number of hydrogen-bond donors (Lipinski definition) is 0. The van der Waals surface area contributed by atoms with E-state index in [1.54, 1.807) is 12.4 Å². The summed E-state index contributed by atoms with van der Waals surface area (Å²) in [5, 5.41) is 0.414. The Labute approximate surface area is 168 Å². The van der Waals surface area contributed by atoms with E-state index in [1.165, 1.54) is 0 Å². The van der Waals surface area contributed by atoms with E-state index in [4.69, 9.17) is 16.3 Å². The van der Waals surface area contributed by atoms with Crippen molar-refractivity contribution in [3.8, 4) is 5.69 Å². The molecule has 2 aliphatic heterocycles. The van der Waals surface area contributed by atoms with Crippen LogP contribution in [0.25, 0.3) is 5.69 Å². The summed E-state index contributed by atoms with van der Waals surface area (Å²) in [6, 6.07) is 5.19.